The molecule has 0 bridgehead atoms. The minimum absolute atomic E-state index is 0. The van der Waals surface area contributed by atoms with E-state index in [1.54, 1.807) is 30.5 Å². The summed E-state index contributed by atoms with van der Waals surface area (Å²) in [5, 5.41) is 10.9. The summed E-state index contributed by atoms with van der Waals surface area (Å²) in [4.78, 5) is 14.6. The Balaban J connectivity index is 0.00000256. The first-order valence-electron chi connectivity index (χ1n) is 10.1. The number of aliphatic imine (C=N–C) groups is 1. The summed E-state index contributed by atoms with van der Waals surface area (Å²) in [5.41, 5.74) is 3.18. The summed E-state index contributed by atoms with van der Waals surface area (Å²) in [6, 6.07) is 4.83. The Bertz CT molecular complexity index is 979. The van der Waals surface area contributed by atoms with Crippen LogP contribution in [-0.2, 0) is 12.8 Å². The van der Waals surface area contributed by atoms with Gasteiger partial charge in [-0.3, -0.25) is 4.99 Å². The van der Waals surface area contributed by atoms with Gasteiger partial charge in [0, 0.05) is 62.1 Å². The van der Waals surface area contributed by atoms with Crippen LogP contribution >= 0.6 is 35.3 Å². The second-order valence-corrected chi connectivity index (χ2v) is 8.08. The normalized spacial score (nSPS) is 14.2. The molecule has 30 heavy (non-hydrogen) atoms. The lowest BCUT2D eigenvalue weighted by atomic mass is 10.1. The monoisotopic (exact) mass is 542 g/mol. The Morgan fingerprint density at radius 1 is 1.23 bits per heavy atom. The molecule has 3 N–H and O–H groups in total. The zero-order chi connectivity index (χ0) is 20.1. The fourth-order valence-corrected chi connectivity index (χ4v) is 4.58. The zero-order valence-electron chi connectivity index (χ0n) is 17.1. The van der Waals surface area contributed by atoms with Gasteiger partial charge in [0.2, 0.25) is 0 Å². The van der Waals surface area contributed by atoms with Crippen molar-refractivity contribution in [1.82, 2.24) is 20.6 Å². The molecule has 9 heteroatoms. The number of H-pyrrole nitrogens is 1. The molecule has 3 aromatic rings. The first kappa shape index (κ1) is 22.8. The number of hydrogen-bond acceptors (Lipinski definition) is 4. The molecule has 0 spiro atoms. The zero-order valence-corrected chi connectivity index (χ0v) is 20.2. The number of halogens is 2. The second-order valence-electron chi connectivity index (χ2n) is 7.25. The van der Waals surface area contributed by atoms with Crippen LogP contribution in [0.5, 0.6) is 0 Å². The fourth-order valence-electron chi connectivity index (χ4n) is 3.67. The van der Waals surface area contributed by atoms with E-state index in [9.17, 15) is 4.39 Å². The van der Waals surface area contributed by atoms with Crippen molar-refractivity contribution in [2.45, 2.75) is 25.7 Å². The first-order valence-corrected chi connectivity index (χ1v) is 11.0. The topological polar surface area (TPSA) is 68.3 Å². The van der Waals surface area contributed by atoms with E-state index < -0.39 is 0 Å². The number of aromatic amines is 1. The number of nitrogens with one attached hydrogen (secondary N) is 3. The molecule has 0 amide bonds. The molecule has 1 aliphatic rings. The average molecular weight is 542 g/mol. The van der Waals surface area contributed by atoms with E-state index in [4.69, 9.17) is 4.98 Å². The highest BCUT2D eigenvalue weighted by atomic mass is 127. The minimum Gasteiger partial charge on any atom is -0.361 e. The number of benzene rings is 1. The Labute approximate surface area is 197 Å². The predicted octanol–water partition coefficient (Wildman–Crippen LogP) is 3.93. The smallest absolute Gasteiger partial charge is 0.190 e. The van der Waals surface area contributed by atoms with Crippen molar-refractivity contribution in [3.63, 3.8) is 0 Å². The van der Waals surface area contributed by atoms with E-state index in [0.29, 0.717) is 0 Å². The second kappa shape index (κ2) is 10.9. The minimum atomic E-state index is -0.210. The Morgan fingerprint density at radius 3 is 2.77 bits per heavy atom. The molecule has 0 saturated carbocycles. The molecule has 3 heterocycles. The third-order valence-electron chi connectivity index (χ3n) is 5.23. The van der Waals surface area contributed by atoms with E-state index in [1.165, 1.54) is 18.9 Å². The molecule has 1 aliphatic heterocycles. The van der Waals surface area contributed by atoms with Crippen molar-refractivity contribution >= 4 is 57.3 Å². The number of thiazole rings is 1. The van der Waals surface area contributed by atoms with Gasteiger partial charge in [0.25, 0.3) is 0 Å². The molecule has 4 rings (SSSR count). The number of hydrogen-bond donors (Lipinski definition) is 3. The van der Waals surface area contributed by atoms with Gasteiger partial charge < -0.3 is 20.5 Å². The number of anilines is 1. The van der Waals surface area contributed by atoms with E-state index in [-0.39, 0.29) is 29.8 Å². The Morgan fingerprint density at radius 2 is 2.00 bits per heavy atom. The van der Waals surface area contributed by atoms with Gasteiger partial charge in [0.1, 0.15) is 5.82 Å². The standard InChI is InChI=1S/C21H27FN6S.HI/c1-23-20(24-8-6-15-13-26-19-5-4-16(22)12-18(15)19)25-9-7-17-14-29-21(27-17)28-10-2-3-11-28;/h4-5,12-14,26H,2-3,6-11H2,1H3,(H2,23,24,25);1H. The SMILES string of the molecule is CN=C(NCCc1csc(N2CCCC2)n1)NCCc1c[nH]c2ccc(F)cc12.I. The lowest BCUT2D eigenvalue weighted by Crippen LogP contribution is -2.39. The molecule has 1 saturated heterocycles. The molecular formula is C21H28FIN6S. The molecule has 1 aromatic carbocycles. The van der Waals surface area contributed by atoms with Gasteiger partial charge in [-0.05, 0) is 43.0 Å². The fraction of sp³-hybridized carbons (Fsp3) is 0.429. The van der Waals surface area contributed by atoms with Gasteiger partial charge >= 0.3 is 0 Å². The maximum Gasteiger partial charge on any atom is 0.190 e. The number of fused-ring (bicyclic) bond motifs is 1. The summed E-state index contributed by atoms with van der Waals surface area (Å²) < 4.78 is 13.5. The lowest BCUT2D eigenvalue weighted by molar-refractivity contribution is 0.629. The Kier molecular flexibility index (Phi) is 8.32. The first-order chi connectivity index (χ1) is 14.2. The van der Waals surface area contributed by atoms with Crippen LogP contribution in [-0.4, -0.2) is 49.2 Å². The predicted molar refractivity (Wildman–Crippen MR) is 134 cm³/mol. The molecule has 1 fully saturated rings. The number of guanidine groups is 1. The molecule has 0 unspecified atom stereocenters. The van der Waals surface area contributed by atoms with Gasteiger partial charge in [-0.25, -0.2) is 9.37 Å². The van der Waals surface area contributed by atoms with Crippen molar-refractivity contribution in [3.8, 4) is 0 Å². The lowest BCUT2D eigenvalue weighted by Gasteiger charge is -2.12. The molecular weight excluding hydrogens is 514 g/mol. The number of nitrogens with zero attached hydrogens (tertiary/aromatic N) is 3. The van der Waals surface area contributed by atoms with E-state index in [0.717, 1.165) is 72.3 Å². The van der Waals surface area contributed by atoms with Crippen molar-refractivity contribution in [2.75, 3.05) is 38.1 Å². The van der Waals surface area contributed by atoms with Crippen LogP contribution in [0.2, 0.25) is 0 Å². The van der Waals surface area contributed by atoms with Gasteiger partial charge in [-0.2, -0.15) is 0 Å². The van der Waals surface area contributed by atoms with Crippen molar-refractivity contribution in [3.05, 3.63) is 46.9 Å². The van der Waals surface area contributed by atoms with Crippen LogP contribution in [0.25, 0.3) is 10.9 Å². The Hall–Kier alpha value is -1.88. The van der Waals surface area contributed by atoms with Crippen LogP contribution in [0.1, 0.15) is 24.1 Å². The van der Waals surface area contributed by atoms with E-state index in [1.807, 2.05) is 6.20 Å². The quantitative estimate of drug-likeness (QED) is 0.241. The van der Waals surface area contributed by atoms with E-state index >= 15 is 0 Å². The molecule has 2 aromatic heterocycles. The largest absolute Gasteiger partial charge is 0.361 e. The molecule has 0 atom stereocenters. The summed E-state index contributed by atoms with van der Waals surface area (Å²) >= 11 is 1.74. The molecule has 0 radical (unpaired) electrons. The van der Waals surface area contributed by atoms with Crippen molar-refractivity contribution in [2.24, 2.45) is 4.99 Å². The highest BCUT2D eigenvalue weighted by Crippen LogP contribution is 2.24. The molecule has 0 aliphatic carbocycles. The highest BCUT2D eigenvalue weighted by molar-refractivity contribution is 14.0. The van der Waals surface area contributed by atoms with Gasteiger partial charge in [-0.1, -0.05) is 0 Å². The van der Waals surface area contributed by atoms with Crippen LogP contribution in [0.4, 0.5) is 9.52 Å². The van der Waals surface area contributed by atoms with Crippen LogP contribution < -0.4 is 15.5 Å². The maximum absolute atomic E-state index is 13.5. The van der Waals surface area contributed by atoms with Gasteiger partial charge in [-0.15, -0.1) is 35.3 Å². The van der Waals surface area contributed by atoms with E-state index in [2.05, 4.69) is 30.9 Å². The van der Waals surface area contributed by atoms with Gasteiger partial charge in [0.15, 0.2) is 11.1 Å². The van der Waals surface area contributed by atoms with Crippen LogP contribution in [0.15, 0.2) is 34.8 Å². The van der Waals surface area contributed by atoms with Crippen molar-refractivity contribution in [1.29, 1.82) is 0 Å². The maximum atomic E-state index is 13.5. The number of aromatic nitrogens is 2. The summed E-state index contributed by atoms with van der Waals surface area (Å²) in [6.07, 6.45) is 6.14. The highest BCUT2D eigenvalue weighted by Gasteiger charge is 2.15. The average Bonchev–Trinajstić information content (AvgIpc) is 3.47. The summed E-state index contributed by atoms with van der Waals surface area (Å²) in [6.45, 7) is 3.76. The third-order valence-corrected chi connectivity index (χ3v) is 6.18. The van der Waals surface area contributed by atoms with Gasteiger partial charge in [0.05, 0.1) is 5.69 Å². The van der Waals surface area contributed by atoms with Crippen molar-refractivity contribution < 1.29 is 4.39 Å². The third kappa shape index (κ3) is 5.63. The van der Waals surface area contributed by atoms with Crippen LogP contribution in [0, 0.1) is 5.82 Å². The van der Waals surface area contributed by atoms with Crippen LogP contribution in [0.3, 0.4) is 0 Å². The molecule has 6 nitrogen and oxygen atoms in total. The summed E-state index contributed by atoms with van der Waals surface area (Å²) in [7, 11) is 1.77. The summed E-state index contributed by atoms with van der Waals surface area (Å²) in [5.74, 6) is 0.560. The molecule has 162 valence electrons. The number of rotatable bonds is 7.